The number of anilines is 1. The number of nitrogens with one attached hydrogen (secondary N) is 1. The van der Waals surface area contributed by atoms with Crippen LogP contribution in [0.2, 0.25) is 5.02 Å². The van der Waals surface area contributed by atoms with Crippen molar-refractivity contribution in [2.75, 3.05) is 18.5 Å². The Labute approximate surface area is 131 Å². The quantitative estimate of drug-likeness (QED) is 0.939. The lowest BCUT2D eigenvalue weighted by Gasteiger charge is -2.31. The fourth-order valence-electron chi connectivity index (χ4n) is 2.76. The van der Waals surface area contributed by atoms with Gasteiger partial charge in [0.1, 0.15) is 0 Å². The molecule has 3 rings (SSSR count). The molecule has 0 bridgehead atoms. The third-order valence-corrected chi connectivity index (χ3v) is 4.46. The standard InChI is InChI=1S/C17H20ClN3/c1-12(19-2)15-8-17(10-20-9-15)21-6-5-13-7-16(18)4-3-14(13)11-21/h3-4,7-10,12,19H,5-6,11H2,1-2H3. The second kappa shape index (κ2) is 6.04. The molecule has 0 spiro atoms. The number of hydrogen-bond donors (Lipinski definition) is 1. The molecule has 0 aliphatic carbocycles. The number of fused-ring (bicyclic) bond motifs is 1. The van der Waals surface area contributed by atoms with Crippen molar-refractivity contribution < 1.29 is 0 Å². The van der Waals surface area contributed by atoms with E-state index in [2.05, 4.69) is 40.3 Å². The van der Waals surface area contributed by atoms with Crippen molar-refractivity contribution >= 4 is 17.3 Å². The summed E-state index contributed by atoms with van der Waals surface area (Å²) in [6.45, 7) is 4.08. The van der Waals surface area contributed by atoms with E-state index in [0.29, 0.717) is 6.04 Å². The van der Waals surface area contributed by atoms with Crippen LogP contribution in [0.5, 0.6) is 0 Å². The maximum atomic E-state index is 6.07. The van der Waals surface area contributed by atoms with E-state index >= 15 is 0 Å². The number of benzene rings is 1. The van der Waals surface area contributed by atoms with Gasteiger partial charge in [-0.25, -0.2) is 0 Å². The van der Waals surface area contributed by atoms with Crippen molar-refractivity contribution in [2.24, 2.45) is 0 Å². The van der Waals surface area contributed by atoms with Crippen LogP contribution >= 0.6 is 11.6 Å². The Morgan fingerprint density at radius 1 is 1.24 bits per heavy atom. The van der Waals surface area contributed by atoms with Crippen LogP contribution in [0.25, 0.3) is 0 Å². The molecular formula is C17H20ClN3. The molecule has 0 radical (unpaired) electrons. The summed E-state index contributed by atoms with van der Waals surface area (Å²) in [5.41, 5.74) is 5.14. The van der Waals surface area contributed by atoms with Crippen LogP contribution in [-0.2, 0) is 13.0 Å². The topological polar surface area (TPSA) is 28.2 Å². The summed E-state index contributed by atoms with van der Waals surface area (Å²) in [5, 5.41) is 4.09. The Kier molecular flexibility index (Phi) is 4.13. The van der Waals surface area contributed by atoms with Gasteiger partial charge in [-0.1, -0.05) is 17.7 Å². The summed E-state index contributed by atoms with van der Waals surface area (Å²) in [6, 6.07) is 8.74. The van der Waals surface area contributed by atoms with Crippen LogP contribution in [0.1, 0.15) is 29.7 Å². The van der Waals surface area contributed by atoms with Crippen LogP contribution in [-0.4, -0.2) is 18.6 Å². The number of pyridine rings is 1. The highest BCUT2D eigenvalue weighted by Crippen LogP contribution is 2.27. The van der Waals surface area contributed by atoms with Gasteiger partial charge in [-0.05, 0) is 55.3 Å². The van der Waals surface area contributed by atoms with Crippen molar-refractivity contribution in [3.63, 3.8) is 0 Å². The summed E-state index contributed by atoms with van der Waals surface area (Å²) in [5.74, 6) is 0. The van der Waals surface area contributed by atoms with E-state index in [-0.39, 0.29) is 0 Å². The van der Waals surface area contributed by atoms with Crippen LogP contribution < -0.4 is 10.2 Å². The molecule has 1 N–H and O–H groups in total. The molecule has 0 amide bonds. The predicted octanol–water partition coefficient (Wildman–Crippen LogP) is 3.58. The average molecular weight is 302 g/mol. The third kappa shape index (κ3) is 3.04. The molecule has 1 aromatic heterocycles. The first-order valence-electron chi connectivity index (χ1n) is 7.32. The van der Waals surface area contributed by atoms with Gasteiger partial charge in [-0.3, -0.25) is 4.98 Å². The minimum absolute atomic E-state index is 0.313. The van der Waals surface area contributed by atoms with E-state index in [9.17, 15) is 0 Å². The summed E-state index contributed by atoms with van der Waals surface area (Å²) >= 11 is 6.07. The number of aromatic nitrogens is 1. The zero-order valence-electron chi connectivity index (χ0n) is 12.4. The molecule has 2 aromatic rings. The van der Waals surface area contributed by atoms with E-state index in [1.165, 1.54) is 22.4 Å². The Morgan fingerprint density at radius 3 is 2.90 bits per heavy atom. The van der Waals surface area contributed by atoms with E-state index < -0.39 is 0 Å². The van der Waals surface area contributed by atoms with E-state index in [1.807, 2.05) is 25.5 Å². The molecule has 0 fully saturated rings. The molecule has 1 aliphatic heterocycles. The van der Waals surface area contributed by atoms with Crippen molar-refractivity contribution in [3.05, 3.63) is 58.4 Å². The first-order chi connectivity index (χ1) is 10.2. The Hall–Kier alpha value is -1.58. The van der Waals surface area contributed by atoms with Crippen LogP contribution in [0, 0.1) is 0 Å². The summed E-state index contributed by atoms with van der Waals surface area (Å²) in [4.78, 5) is 6.78. The second-order valence-corrected chi connectivity index (χ2v) is 6.01. The highest BCUT2D eigenvalue weighted by molar-refractivity contribution is 6.30. The van der Waals surface area contributed by atoms with Crippen molar-refractivity contribution in [1.29, 1.82) is 0 Å². The first-order valence-corrected chi connectivity index (χ1v) is 7.69. The molecular weight excluding hydrogens is 282 g/mol. The summed E-state index contributed by atoms with van der Waals surface area (Å²) in [6.07, 6.45) is 4.91. The zero-order chi connectivity index (χ0) is 14.8. The van der Waals surface area contributed by atoms with Gasteiger partial charge < -0.3 is 10.2 Å². The fraction of sp³-hybridized carbons (Fsp3) is 0.353. The number of rotatable bonds is 3. The van der Waals surface area contributed by atoms with Gasteiger partial charge in [0.25, 0.3) is 0 Å². The highest BCUT2D eigenvalue weighted by atomic mass is 35.5. The minimum atomic E-state index is 0.313. The maximum Gasteiger partial charge on any atom is 0.0559 e. The van der Waals surface area contributed by atoms with Gasteiger partial charge in [-0.15, -0.1) is 0 Å². The van der Waals surface area contributed by atoms with Crippen LogP contribution in [0.15, 0.2) is 36.7 Å². The monoisotopic (exact) mass is 301 g/mol. The van der Waals surface area contributed by atoms with Crippen LogP contribution in [0.3, 0.4) is 0 Å². The van der Waals surface area contributed by atoms with Crippen molar-refractivity contribution in [3.8, 4) is 0 Å². The fourth-order valence-corrected chi connectivity index (χ4v) is 2.96. The van der Waals surface area contributed by atoms with Gasteiger partial charge >= 0.3 is 0 Å². The lowest BCUT2D eigenvalue weighted by Crippen LogP contribution is -2.30. The van der Waals surface area contributed by atoms with E-state index in [0.717, 1.165) is 24.5 Å². The molecule has 21 heavy (non-hydrogen) atoms. The molecule has 3 nitrogen and oxygen atoms in total. The van der Waals surface area contributed by atoms with Gasteiger partial charge in [0.15, 0.2) is 0 Å². The van der Waals surface area contributed by atoms with Gasteiger partial charge in [0, 0.05) is 30.4 Å². The Balaban J connectivity index is 1.84. The number of nitrogens with zero attached hydrogens (tertiary/aromatic N) is 2. The molecule has 2 heterocycles. The molecule has 1 aromatic carbocycles. The second-order valence-electron chi connectivity index (χ2n) is 5.57. The van der Waals surface area contributed by atoms with Gasteiger partial charge in [0.05, 0.1) is 11.9 Å². The number of halogens is 1. The largest absolute Gasteiger partial charge is 0.366 e. The van der Waals surface area contributed by atoms with Crippen LogP contribution in [0.4, 0.5) is 5.69 Å². The van der Waals surface area contributed by atoms with Crippen molar-refractivity contribution in [2.45, 2.75) is 25.9 Å². The number of hydrogen-bond acceptors (Lipinski definition) is 3. The minimum Gasteiger partial charge on any atom is -0.366 e. The predicted molar refractivity (Wildman–Crippen MR) is 87.9 cm³/mol. The van der Waals surface area contributed by atoms with E-state index in [4.69, 9.17) is 11.6 Å². The SMILES string of the molecule is CNC(C)c1cncc(N2CCc3cc(Cl)ccc3C2)c1. The first kappa shape index (κ1) is 14.4. The molecule has 1 aliphatic rings. The summed E-state index contributed by atoms with van der Waals surface area (Å²) < 4.78 is 0. The Bertz CT molecular complexity index is 642. The summed E-state index contributed by atoms with van der Waals surface area (Å²) in [7, 11) is 1.97. The molecule has 4 heteroatoms. The van der Waals surface area contributed by atoms with Crippen molar-refractivity contribution in [1.82, 2.24) is 10.3 Å². The molecule has 0 saturated heterocycles. The lowest BCUT2D eigenvalue weighted by atomic mass is 9.99. The normalized spacial score (nSPS) is 15.7. The average Bonchev–Trinajstić information content (AvgIpc) is 2.53. The van der Waals surface area contributed by atoms with Gasteiger partial charge in [0.2, 0.25) is 0 Å². The smallest absolute Gasteiger partial charge is 0.0559 e. The zero-order valence-corrected chi connectivity index (χ0v) is 13.2. The molecule has 0 saturated carbocycles. The third-order valence-electron chi connectivity index (χ3n) is 4.22. The molecule has 1 unspecified atom stereocenters. The van der Waals surface area contributed by atoms with E-state index in [1.54, 1.807) is 0 Å². The molecule has 110 valence electrons. The van der Waals surface area contributed by atoms with Gasteiger partial charge in [-0.2, -0.15) is 0 Å². The lowest BCUT2D eigenvalue weighted by molar-refractivity contribution is 0.647. The molecule has 1 atom stereocenters. The Morgan fingerprint density at radius 2 is 2.10 bits per heavy atom. The maximum absolute atomic E-state index is 6.07. The highest BCUT2D eigenvalue weighted by Gasteiger charge is 2.17.